The molecular weight excluding hydrogens is 299 g/mol. The second-order valence-corrected chi connectivity index (χ2v) is 6.76. The highest BCUT2D eigenvalue weighted by Crippen LogP contribution is 2.40. The second-order valence-electron chi connectivity index (χ2n) is 5.92. The maximum atomic E-state index is 12.7. The molecule has 0 aliphatic carbocycles. The van der Waals surface area contributed by atoms with E-state index in [2.05, 4.69) is 5.32 Å². The topological polar surface area (TPSA) is 49.4 Å². The Morgan fingerprint density at radius 3 is 2.30 bits per heavy atom. The fourth-order valence-corrected chi connectivity index (χ4v) is 2.36. The molecule has 0 aromatic heterocycles. The Morgan fingerprint density at radius 2 is 1.70 bits per heavy atom. The van der Waals surface area contributed by atoms with E-state index in [1.165, 1.54) is 6.07 Å². The molecule has 0 unspecified atom stereocenters. The van der Waals surface area contributed by atoms with Crippen LogP contribution < -0.4 is 10.2 Å². The smallest absolute Gasteiger partial charge is 0.329 e. The van der Waals surface area contributed by atoms with Crippen LogP contribution in [0.25, 0.3) is 0 Å². The number of imide groups is 1. The molecule has 1 aromatic carbocycles. The number of nitrogens with zero attached hydrogens (tertiary/aromatic N) is 1. The molecule has 1 N–H and O–H groups in total. The van der Waals surface area contributed by atoms with Crippen molar-refractivity contribution in [2.75, 3.05) is 4.90 Å². The van der Waals surface area contributed by atoms with E-state index in [4.69, 9.17) is 23.2 Å². The maximum Gasteiger partial charge on any atom is 0.329 e. The van der Waals surface area contributed by atoms with Crippen LogP contribution in [0.4, 0.5) is 10.5 Å². The molecule has 1 aromatic rings. The van der Waals surface area contributed by atoms with Crippen molar-refractivity contribution in [3.05, 3.63) is 28.2 Å². The van der Waals surface area contributed by atoms with Crippen molar-refractivity contribution < 1.29 is 9.59 Å². The van der Waals surface area contributed by atoms with Gasteiger partial charge in [0.2, 0.25) is 5.91 Å². The summed E-state index contributed by atoms with van der Waals surface area (Å²) in [6.07, 6.45) is 0. The van der Waals surface area contributed by atoms with Gasteiger partial charge in [-0.05, 0) is 45.9 Å². The predicted octanol–water partition coefficient (Wildman–Crippen LogP) is 3.85. The SMILES string of the molecule is CC1(C)NC(=O)N(c2cc(Cl)ccc2Cl)C(=O)C1(C)C. The summed E-state index contributed by atoms with van der Waals surface area (Å²) in [5, 5.41) is 3.55. The maximum absolute atomic E-state index is 12.7. The van der Waals surface area contributed by atoms with Gasteiger partial charge in [-0.1, -0.05) is 23.2 Å². The molecule has 1 aliphatic heterocycles. The molecule has 20 heavy (non-hydrogen) atoms. The molecule has 0 atom stereocenters. The first-order chi connectivity index (χ1) is 9.08. The van der Waals surface area contributed by atoms with Crippen LogP contribution in [0.15, 0.2) is 18.2 Å². The summed E-state index contributed by atoms with van der Waals surface area (Å²) in [6.45, 7) is 7.22. The number of hydrogen-bond acceptors (Lipinski definition) is 2. The molecular formula is C14H16Cl2N2O2. The first-order valence-electron chi connectivity index (χ1n) is 6.20. The van der Waals surface area contributed by atoms with Crippen molar-refractivity contribution >= 4 is 40.8 Å². The minimum Gasteiger partial charge on any atom is -0.331 e. The Kier molecular flexibility index (Phi) is 3.51. The minimum atomic E-state index is -0.771. The first kappa shape index (κ1) is 15.1. The molecule has 0 bridgehead atoms. The zero-order valence-electron chi connectivity index (χ0n) is 11.8. The third-order valence-corrected chi connectivity index (χ3v) is 4.63. The number of hydrogen-bond donors (Lipinski definition) is 1. The van der Waals surface area contributed by atoms with Gasteiger partial charge in [0.1, 0.15) is 0 Å². The number of rotatable bonds is 1. The van der Waals surface area contributed by atoms with Crippen molar-refractivity contribution in [1.82, 2.24) is 5.32 Å². The van der Waals surface area contributed by atoms with Crippen molar-refractivity contribution in [2.24, 2.45) is 5.41 Å². The normalized spacial score (nSPS) is 20.8. The van der Waals surface area contributed by atoms with Crippen LogP contribution in [0, 0.1) is 5.41 Å². The molecule has 0 spiro atoms. The number of urea groups is 1. The third-order valence-electron chi connectivity index (χ3n) is 4.07. The second kappa shape index (κ2) is 4.64. The number of anilines is 1. The number of carbonyl (C=O) groups excluding carboxylic acids is 2. The van der Waals surface area contributed by atoms with Crippen LogP contribution in [-0.4, -0.2) is 17.5 Å². The molecule has 1 fully saturated rings. The fraction of sp³-hybridized carbons (Fsp3) is 0.429. The predicted molar refractivity (Wildman–Crippen MR) is 80.3 cm³/mol. The van der Waals surface area contributed by atoms with E-state index in [9.17, 15) is 9.59 Å². The van der Waals surface area contributed by atoms with Gasteiger partial charge >= 0.3 is 6.03 Å². The minimum absolute atomic E-state index is 0.297. The third kappa shape index (κ3) is 2.17. The van der Waals surface area contributed by atoms with Crippen LogP contribution in [-0.2, 0) is 4.79 Å². The lowest BCUT2D eigenvalue weighted by Crippen LogP contribution is -2.69. The summed E-state index contributed by atoms with van der Waals surface area (Å²) in [6, 6.07) is 4.18. The monoisotopic (exact) mass is 314 g/mol. The fourth-order valence-electron chi connectivity index (χ4n) is 1.99. The molecule has 6 heteroatoms. The lowest BCUT2D eigenvalue weighted by Gasteiger charge is -2.48. The quantitative estimate of drug-likeness (QED) is 0.855. The molecule has 108 valence electrons. The lowest BCUT2D eigenvalue weighted by molar-refractivity contribution is -0.130. The highest BCUT2D eigenvalue weighted by atomic mass is 35.5. The van der Waals surface area contributed by atoms with E-state index in [-0.39, 0.29) is 5.91 Å². The molecule has 0 saturated carbocycles. The van der Waals surface area contributed by atoms with Gasteiger partial charge in [-0.15, -0.1) is 0 Å². The average Bonchev–Trinajstić information content (AvgIpc) is 2.31. The van der Waals surface area contributed by atoms with E-state index < -0.39 is 17.0 Å². The molecule has 1 heterocycles. The van der Waals surface area contributed by atoms with Crippen LogP contribution in [0.5, 0.6) is 0 Å². The van der Waals surface area contributed by atoms with Gasteiger partial charge in [-0.3, -0.25) is 4.79 Å². The zero-order chi connectivity index (χ0) is 15.3. The molecule has 1 saturated heterocycles. The first-order valence-corrected chi connectivity index (χ1v) is 6.95. The van der Waals surface area contributed by atoms with Gasteiger partial charge in [-0.25, -0.2) is 9.69 Å². The van der Waals surface area contributed by atoms with E-state index >= 15 is 0 Å². The van der Waals surface area contributed by atoms with Crippen LogP contribution in [0.2, 0.25) is 10.0 Å². The number of carbonyl (C=O) groups is 2. The average molecular weight is 315 g/mol. The van der Waals surface area contributed by atoms with Gasteiger partial charge in [0.25, 0.3) is 0 Å². The van der Waals surface area contributed by atoms with Crippen molar-refractivity contribution in [1.29, 1.82) is 0 Å². The molecule has 3 amide bonds. The van der Waals surface area contributed by atoms with Gasteiger partial charge in [0.05, 0.1) is 21.7 Å². The van der Waals surface area contributed by atoms with Crippen LogP contribution in [0.3, 0.4) is 0 Å². The summed E-state index contributed by atoms with van der Waals surface area (Å²) in [7, 11) is 0. The number of amides is 3. The van der Waals surface area contributed by atoms with Crippen LogP contribution >= 0.6 is 23.2 Å². The number of nitrogens with one attached hydrogen (secondary N) is 1. The highest BCUT2D eigenvalue weighted by Gasteiger charge is 2.52. The molecule has 1 aliphatic rings. The molecule has 4 nitrogen and oxygen atoms in total. The van der Waals surface area contributed by atoms with Gasteiger partial charge in [0, 0.05) is 5.02 Å². The van der Waals surface area contributed by atoms with Gasteiger partial charge in [0.15, 0.2) is 0 Å². The Balaban J connectivity index is 2.55. The molecule has 2 rings (SSSR count). The Bertz CT molecular complexity index is 597. The van der Waals surface area contributed by atoms with E-state index in [1.54, 1.807) is 26.0 Å². The van der Waals surface area contributed by atoms with E-state index in [1.807, 2.05) is 13.8 Å². The highest BCUT2D eigenvalue weighted by molar-refractivity contribution is 6.37. The Morgan fingerprint density at radius 1 is 1.10 bits per heavy atom. The standard InChI is InChI=1S/C14H16Cl2N2O2/c1-13(2)11(19)18(12(20)17-14(13,3)4)10-7-8(15)5-6-9(10)16/h5-7H,1-4H3,(H,17,20). The zero-order valence-corrected chi connectivity index (χ0v) is 13.3. The summed E-state index contributed by atoms with van der Waals surface area (Å²) >= 11 is 12.0. The van der Waals surface area contributed by atoms with Crippen molar-refractivity contribution in [2.45, 2.75) is 33.2 Å². The Labute approximate surface area is 128 Å². The summed E-state index contributed by atoms with van der Waals surface area (Å²) in [5.41, 5.74) is -1.12. The number of benzene rings is 1. The lowest BCUT2D eigenvalue weighted by atomic mass is 9.72. The Hall–Kier alpha value is -1.26. The summed E-state index contributed by atoms with van der Waals surface area (Å²) in [4.78, 5) is 26.0. The van der Waals surface area contributed by atoms with E-state index in [0.29, 0.717) is 15.7 Å². The summed E-state index contributed by atoms with van der Waals surface area (Å²) in [5.74, 6) is -0.310. The summed E-state index contributed by atoms with van der Waals surface area (Å²) < 4.78 is 0. The molecule has 0 radical (unpaired) electrons. The largest absolute Gasteiger partial charge is 0.331 e. The van der Waals surface area contributed by atoms with Crippen molar-refractivity contribution in [3.63, 3.8) is 0 Å². The van der Waals surface area contributed by atoms with Crippen LogP contribution in [0.1, 0.15) is 27.7 Å². The van der Waals surface area contributed by atoms with Crippen molar-refractivity contribution in [3.8, 4) is 0 Å². The number of halogens is 2. The van der Waals surface area contributed by atoms with Gasteiger partial charge < -0.3 is 5.32 Å². The van der Waals surface area contributed by atoms with E-state index in [0.717, 1.165) is 4.90 Å². The van der Waals surface area contributed by atoms with Gasteiger partial charge in [-0.2, -0.15) is 0 Å².